The van der Waals surface area contributed by atoms with Crippen LogP contribution in [0.4, 0.5) is 0 Å². The van der Waals surface area contributed by atoms with Crippen molar-refractivity contribution < 1.29 is 19.4 Å². The summed E-state index contributed by atoms with van der Waals surface area (Å²) < 4.78 is 6.05. The Balaban J connectivity index is 1.92. The fourth-order valence-electron chi connectivity index (χ4n) is 1.92. The van der Waals surface area contributed by atoms with Crippen LogP contribution >= 0.6 is 15.9 Å². The number of carbonyl (C=O) groups excluding carboxylic acids is 1. The number of rotatable bonds is 4. The van der Waals surface area contributed by atoms with Crippen LogP contribution in [0.1, 0.15) is 5.56 Å². The Labute approximate surface area is 124 Å². The van der Waals surface area contributed by atoms with E-state index in [1.54, 1.807) is 6.08 Å². The predicted molar refractivity (Wildman–Crippen MR) is 77.1 cm³/mol. The van der Waals surface area contributed by atoms with Gasteiger partial charge in [-0.3, -0.25) is 9.59 Å². The van der Waals surface area contributed by atoms with Crippen LogP contribution in [0.5, 0.6) is 0 Å². The summed E-state index contributed by atoms with van der Waals surface area (Å²) in [6.07, 6.45) is 3.06. The van der Waals surface area contributed by atoms with E-state index < -0.39 is 17.9 Å². The van der Waals surface area contributed by atoms with E-state index in [-0.39, 0.29) is 19.1 Å². The quantitative estimate of drug-likeness (QED) is 0.818. The molecule has 106 valence electrons. The summed E-state index contributed by atoms with van der Waals surface area (Å²) in [7, 11) is 0. The Morgan fingerprint density at radius 2 is 2.00 bits per heavy atom. The number of benzene rings is 1. The monoisotopic (exact) mass is 339 g/mol. The predicted octanol–water partition coefficient (Wildman–Crippen LogP) is 1.68. The second-order valence-electron chi connectivity index (χ2n) is 4.48. The molecule has 0 bridgehead atoms. The van der Waals surface area contributed by atoms with Crippen molar-refractivity contribution in [3.8, 4) is 0 Å². The first-order valence-electron chi connectivity index (χ1n) is 6.11. The van der Waals surface area contributed by atoms with Crippen LogP contribution < -0.4 is 5.32 Å². The molecule has 0 saturated carbocycles. The van der Waals surface area contributed by atoms with Crippen LogP contribution in [0.25, 0.3) is 6.08 Å². The van der Waals surface area contributed by atoms with Gasteiger partial charge in [0.25, 0.3) is 0 Å². The Hall–Kier alpha value is -1.66. The Morgan fingerprint density at radius 3 is 2.65 bits per heavy atom. The van der Waals surface area contributed by atoms with Gasteiger partial charge in [0.05, 0.1) is 19.3 Å². The highest BCUT2D eigenvalue weighted by Crippen LogP contribution is 2.14. The molecule has 1 heterocycles. The van der Waals surface area contributed by atoms with Crippen molar-refractivity contribution in [2.75, 3.05) is 13.2 Å². The van der Waals surface area contributed by atoms with Crippen LogP contribution in [0.2, 0.25) is 0 Å². The number of hydrogen-bond donors (Lipinski definition) is 2. The van der Waals surface area contributed by atoms with Gasteiger partial charge in [-0.25, -0.2) is 0 Å². The molecule has 2 rings (SSSR count). The van der Waals surface area contributed by atoms with E-state index in [9.17, 15) is 9.59 Å². The lowest BCUT2D eigenvalue weighted by molar-refractivity contribution is -0.142. The van der Waals surface area contributed by atoms with E-state index in [1.165, 1.54) is 6.08 Å². The zero-order valence-corrected chi connectivity index (χ0v) is 12.2. The van der Waals surface area contributed by atoms with Gasteiger partial charge in [0.15, 0.2) is 0 Å². The van der Waals surface area contributed by atoms with E-state index in [2.05, 4.69) is 21.2 Å². The van der Waals surface area contributed by atoms with Crippen LogP contribution in [0.15, 0.2) is 34.8 Å². The molecule has 0 radical (unpaired) electrons. The molecule has 2 N–H and O–H groups in total. The Kier molecular flexibility index (Phi) is 4.92. The largest absolute Gasteiger partial charge is 0.481 e. The summed E-state index contributed by atoms with van der Waals surface area (Å²) in [5.74, 6) is -1.96. The van der Waals surface area contributed by atoms with Gasteiger partial charge in [-0.2, -0.15) is 0 Å². The minimum absolute atomic E-state index is 0.136. The van der Waals surface area contributed by atoms with Gasteiger partial charge >= 0.3 is 5.97 Å². The topological polar surface area (TPSA) is 75.6 Å². The van der Waals surface area contributed by atoms with E-state index in [4.69, 9.17) is 9.84 Å². The van der Waals surface area contributed by atoms with Crippen molar-refractivity contribution in [1.82, 2.24) is 5.32 Å². The molecule has 0 aliphatic carbocycles. The number of carbonyl (C=O) groups is 2. The number of carboxylic acids is 1. The summed E-state index contributed by atoms with van der Waals surface area (Å²) in [5, 5.41) is 11.6. The van der Waals surface area contributed by atoms with Crippen molar-refractivity contribution in [1.29, 1.82) is 0 Å². The zero-order valence-electron chi connectivity index (χ0n) is 10.6. The number of halogens is 1. The average Bonchev–Trinajstić information content (AvgIpc) is 2.86. The third kappa shape index (κ3) is 3.91. The van der Waals surface area contributed by atoms with Crippen molar-refractivity contribution in [2.24, 2.45) is 5.92 Å². The molecule has 0 aromatic heterocycles. The molecule has 6 heteroatoms. The maximum Gasteiger partial charge on any atom is 0.311 e. The van der Waals surface area contributed by atoms with Gasteiger partial charge in [-0.15, -0.1) is 0 Å². The number of ether oxygens (including phenoxy) is 1. The second kappa shape index (κ2) is 6.67. The van der Waals surface area contributed by atoms with Crippen molar-refractivity contribution in [3.63, 3.8) is 0 Å². The Morgan fingerprint density at radius 1 is 1.30 bits per heavy atom. The summed E-state index contributed by atoms with van der Waals surface area (Å²) in [6, 6.07) is 7.01. The number of carboxylic acid groups (broad SMARTS) is 1. The number of hydrogen-bond acceptors (Lipinski definition) is 3. The molecule has 1 amide bonds. The molecule has 1 aromatic rings. The van der Waals surface area contributed by atoms with Crippen LogP contribution in [-0.2, 0) is 14.3 Å². The first-order valence-corrected chi connectivity index (χ1v) is 6.90. The van der Waals surface area contributed by atoms with E-state index in [0.717, 1.165) is 10.0 Å². The molecule has 1 fully saturated rings. The first kappa shape index (κ1) is 14.7. The smallest absolute Gasteiger partial charge is 0.311 e. The highest BCUT2D eigenvalue weighted by atomic mass is 79.9. The molecular weight excluding hydrogens is 326 g/mol. The van der Waals surface area contributed by atoms with Crippen LogP contribution in [-0.4, -0.2) is 36.2 Å². The molecule has 5 nitrogen and oxygen atoms in total. The van der Waals surface area contributed by atoms with Crippen LogP contribution in [0, 0.1) is 5.92 Å². The van der Waals surface area contributed by atoms with Crippen molar-refractivity contribution >= 4 is 33.9 Å². The normalized spacial score (nSPS) is 22.1. The lowest BCUT2D eigenvalue weighted by atomic mass is 10.0. The van der Waals surface area contributed by atoms with Gasteiger partial charge in [0.2, 0.25) is 5.91 Å². The van der Waals surface area contributed by atoms with E-state index in [0.29, 0.717) is 0 Å². The molecular formula is C14H14BrNO4. The van der Waals surface area contributed by atoms with Gasteiger partial charge in [0.1, 0.15) is 5.92 Å². The van der Waals surface area contributed by atoms with Gasteiger partial charge in [-0.1, -0.05) is 28.1 Å². The molecule has 1 aliphatic rings. The molecule has 2 unspecified atom stereocenters. The zero-order chi connectivity index (χ0) is 14.5. The van der Waals surface area contributed by atoms with Gasteiger partial charge < -0.3 is 15.2 Å². The second-order valence-corrected chi connectivity index (χ2v) is 5.40. The van der Waals surface area contributed by atoms with Gasteiger partial charge in [0, 0.05) is 10.5 Å². The maximum absolute atomic E-state index is 11.8. The summed E-state index contributed by atoms with van der Waals surface area (Å²) in [4.78, 5) is 22.7. The maximum atomic E-state index is 11.8. The average molecular weight is 340 g/mol. The lowest BCUT2D eigenvalue weighted by Gasteiger charge is -2.14. The third-order valence-corrected chi connectivity index (χ3v) is 3.55. The minimum Gasteiger partial charge on any atom is -0.481 e. The fourth-order valence-corrected chi connectivity index (χ4v) is 2.18. The van der Waals surface area contributed by atoms with E-state index in [1.807, 2.05) is 24.3 Å². The molecule has 1 aliphatic heterocycles. The molecule has 1 saturated heterocycles. The number of amides is 1. The molecule has 20 heavy (non-hydrogen) atoms. The van der Waals surface area contributed by atoms with Crippen molar-refractivity contribution in [3.05, 3.63) is 40.4 Å². The highest BCUT2D eigenvalue weighted by molar-refractivity contribution is 9.10. The first-order chi connectivity index (χ1) is 9.56. The third-order valence-electron chi connectivity index (χ3n) is 3.02. The SMILES string of the molecule is O=C(C=Cc1ccc(Br)cc1)NC1COCC1C(=O)O. The summed E-state index contributed by atoms with van der Waals surface area (Å²) in [6.45, 7) is 0.367. The molecule has 0 spiro atoms. The summed E-state index contributed by atoms with van der Waals surface area (Å²) in [5.41, 5.74) is 0.890. The number of nitrogens with one attached hydrogen (secondary N) is 1. The fraction of sp³-hybridized carbons (Fsp3) is 0.286. The standard InChI is InChI=1S/C14H14BrNO4/c15-10-4-1-9(2-5-10)3-6-13(17)16-12-8-20-7-11(12)14(18)19/h1-6,11-12H,7-8H2,(H,16,17)(H,18,19). The molecule has 2 atom stereocenters. The highest BCUT2D eigenvalue weighted by Gasteiger charge is 2.34. The van der Waals surface area contributed by atoms with Crippen molar-refractivity contribution in [2.45, 2.75) is 6.04 Å². The Bertz CT molecular complexity index is 526. The lowest BCUT2D eigenvalue weighted by Crippen LogP contribution is -2.41. The minimum atomic E-state index is -0.954. The molecule has 1 aromatic carbocycles. The van der Waals surface area contributed by atoms with Crippen LogP contribution in [0.3, 0.4) is 0 Å². The summed E-state index contributed by atoms with van der Waals surface area (Å²) >= 11 is 3.33. The van der Waals surface area contributed by atoms with Gasteiger partial charge in [-0.05, 0) is 23.8 Å². The number of aliphatic carboxylic acids is 1. The van der Waals surface area contributed by atoms with E-state index >= 15 is 0 Å².